The van der Waals surface area contributed by atoms with Crippen LogP contribution in [0.3, 0.4) is 0 Å². The Hall–Kier alpha value is -4.29. The number of anilines is 2. The fraction of sp³-hybridized carbons (Fsp3) is 0.333. The smallest absolute Gasteiger partial charge is 0.306 e. The molecular weight excluding hydrogens is 670 g/mol. The molecule has 49 heavy (non-hydrogen) atoms. The first kappa shape index (κ1) is 34.6. The number of carboxylic acid groups (broad SMARTS) is 1. The van der Waals surface area contributed by atoms with Crippen molar-refractivity contribution >= 4 is 46.5 Å². The molecule has 2 aliphatic rings. The monoisotopic (exact) mass is 706 g/mol. The highest BCUT2D eigenvalue weighted by Crippen LogP contribution is 2.41. The molecule has 0 unspecified atom stereocenters. The second-order valence-corrected chi connectivity index (χ2v) is 13.0. The summed E-state index contributed by atoms with van der Waals surface area (Å²) in [6.45, 7) is 2.74. The summed E-state index contributed by atoms with van der Waals surface area (Å²) < 4.78 is 21.3. The molecule has 2 aromatic carbocycles. The van der Waals surface area contributed by atoms with Crippen LogP contribution in [0.1, 0.15) is 36.8 Å². The largest absolute Gasteiger partial charge is 0.481 e. The molecule has 13 heteroatoms. The standard InChI is InChI=1S/C36H37Cl2FN6O4/c1-49-35-22(18-40-19-24-9-11-30(46)42-24)8-10-27(44-35)25-5-3-6-26(31(25)37)34-32(38)28(12-15-41-34)43-29-7-2-4-23(33(29)39)20-45-16-13-21(14-17-45)36(47)48/h2-8,10,12,15,21,24,40H,9,11,13-14,16-20H2,1H3,(H,41,43)(H,42,46)(H,47,48)/t24-/m1/s1. The lowest BCUT2D eigenvalue weighted by atomic mass is 9.97. The maximum atomic E-state index is 15.7. The minimum atomic E-state index is -0.776. The van der Waals surface area contributed by atoms with Crippen molar-refractivity contribution in [3.63, 3.8) is 0 Å². The summed E-state index contributed by atoms with van der Waals surface area (Å²) in [5, 5.41) is 19.4. The highest BCUT2D eigenvalue weighted by Gasteiger charge is 2.26. The minimum Gasteiger partial charge on any atom is -0.481 e. The van der Waals surface area contributed by atoms with E-state index in [4.69, 9.17) is 32.9 Å². The van der Waals surface area contributed by atoms with Gasteiger partial charge in [-0.25, -0.2) is 9.37 Å². The number of methoxy groups -OCH3 is 1. The van der Waals surface area contributed by atoms with Crippen molar-refractivity contribution in [1.82, 2.24) is 25.5 Å². The number of carbonyl (C=O) groups is 2. The van der Waals surface area contributed by atoms with Gasteiger partial charge >= 0.3 is 5.97 Å². The van der Waals surface area contributed by atoms with E-state index in [1.165, 1.54) is 0 Å². The zero-order valence-corrected chi connectivity index (χ0v) is 28.5. The van der Waals surface area contributed by atoms with Gasteiger partial charge in [-0.05, 0) is 50.6 Å². The number of nitrogens with zero attached hydrogens (tertiary/aromatic N) is 3. The Morgan fingerprint density at radius 3 is 2.53 bits per heavy atom. The molecule has 0 spiro atoms. The summed E-state index contributed by atoms with van der Waals surface area (Å²) in [4.78, 5) is 34.1. The van der Waals surface area contributed by atoms with Crippen LogP contribution in [0.2, 0.25) is 10.0 Å². The van der Waals surface area contributed by atoms with E-state index in [0.717, 1.165) is 12.0 Å². The minimum absolute atomic E-state index is 0.0807. The molecular formula is C36H37Cl2FN6O4. The van der Waals surface area contributed by atoms with Gasteiger partial charge in [0, 0.05) is 60.5 Å². The number of hydrogen-bond acceptors (Lipinski definition) is 8. The highest BCUT2D eigenvalue weighted by molar-refractivity contribution is 6.39. The average molecular weight is 708 g/mol. The van der Waals surface area contributed by atoms with Crippen molar-refractivity contribution in [2.45, 2.75) is 44.8 Å². The molecule has 0 aliphatic carbocycles. The van der Waals surface area contributed by atoms with Gasteiger partial charge in [-0.2, -0.15) is 0 Å². The Morgan fingerprint density at radius 1 is 1.02 bits per heavy atom. The number of amides is 1. The summed E-state index contributed by atoms with van der Waals surface area (Å²) in [6.07, 6.45) is 4.04. The van der Waals surface area contributed by atoms with E-state index < -0.39 is 11.8 Å². The fourth-order valence-corrected chi connectivity index (χ4v) is 6.88. The van der Waals surface area contributed by atoms with E-state index in [9.17, 15) is 14.7 Å². The third-order valence-electron chi connectivity index (χ3n) is 9.02. The molecule has 2 saturated heterocycles. The first-order valence-corrected chi connectivity index (χ1v) is 16.9. The zero-order chi connectivity index (χ0) is 34.5. The third kappa shape index (κ3) is 7.96. The molecule has 1 atom stereocenters. The second-order valence-electron chi connectivity index (χ2n) is 12.3. The van der Waals surface area contributed by atoms with Crippen molar-refractivity contribution in [2.24, 2.45) is 5.92 Å². The molecule has 1 amide bonds. The van der Waals surface area contributed by atoms with Crippen LogP contribution in [0.25, 0.3) is 22.5 Å². The lowest BCUT2D eigenvalue weighted by molar-refractivity contribution is -0.143. The molecule has 2 fully saturated rings. The number of benzene rings is 2. The summed E-state index contributed by atoms with van der Waals surface area (Å²) in [5.74, 6) is -0.989. The third-order valence-corrected chi connectivity index (χ3v) is 9.81. The predicted molar refractivity (Wildman–Crippen MR) is 188 cm³/mol. The number of rotatable bonds is 12. The number of aromatic nitrogens is 2. The van der Waals surface area contributed by atoms with Gasteiger partial charge in [0.1, 0.15) is 0 Å². The Morgan fingerprint density at radius 2 is 1.80 bits per heavy atom. The topological polar surface area (TPSA) is 129 Å². The summed E-state index contributed by atoms with van der Waals surface area (Å²) in [6, 6.07) is 16.3. The van der Waals surface area contributed by atoms with Gasteiger partial charge in [0.2, 0.25) is 11.8 Å². The number of nitrogens with one attached hydrogen (secondary N) is 3. The summed E-state index contributed by atoms with van der Waals surface area (Å²) in [5.41, 5.74) is 4.35. The van der Waals surface area contributed by atoms with Crippen LogP contribution < -0.4 is 20.7 Å². The van der Waals surface area contributed by atoms with Gasteiger partial charge < -0.3 is 25.8 Å². The zero-order valence-electron chi connectivity index (χ0n) is 26.9. The lowest BCUT2D eigenvalue weighted by Crippen LogP contribution is -2.36. The number of likely N-dealkylation sites (tertiary alicyclic amines) is 1. The van der Waals surface area contributed by atoms with E-state index in [1.807, 2.05) is 30.3 Å². The number of ether oxygens (including phenoxy) is 1. The first-order valence-electron chi connectivity index (χ1n) is 16.2. The number of aliphatic carboxylic acids is 1. The van der Waals surface area contributed by atoms with Gasteiger partial charge in [-0.15, -0.1) is 0 Å². The molecule has 256 valence electrons. The maximum Gasteiger partial charge on any atom is 0.306 e. The molecule has 0 bridgehead atoms. The molecule has 4 aromatic rings. The molecule has 10 nitrogen and oxygen atoms in total. The summed E-state index contributed by atoms with van der Waals surface area (Å²) in [7, 11) is 1.57. The van der Waals surface area contributed by atoms with Crippen molar-refractivity contribution in [1.29, 1.82) is 0 Å². The van der Waals surface area contributed by atoms with Crippen LogP contribution in [-0.2, 0) is 22.7 Å². The van der Waals surface area contributed by atoms with Gasteiger partial charge in [-0.1, -0.05) is 59.6 Å². The number of pyridine rings is 2. The highest BCUT2D eigenvalue weighted by atomic mass is 35.5. The molecule has 2 aliphatic heterocycles. The Kier molecular flexibility index (Phi) is 10.9. The van der Waals surface area contributed by atoms with Crippen molar-refractivity contribution in [3.8, 4) is 28.4 Å². The van der Waals surface area contributed by atoms with Gasteiger partial charge in [-0.3, -0.25) is 19.5 Å². The van der Waals surface area contributed by atoms with Crippen LogP contribution in [0.4, 0.5) is 15.8 Å². The Balaban J connectivity index is 1.18. The van der Waals surface area contributed by atoms with Crippen molar-refractivity contribution < 1.29 is 23.8 Å². The van der Waals surface area contributed by atoms with Crippen molar-refractivity contribution in [3.05, 3.63) is 87.8 Å². The molecule has 2 aromatic heterocycles. The van der Waals surface area contributed by atoms with Gasteiger partial charge in [0.25, 0.3) is 0 Å². The van der Waals surface area contributed by atoms with Crippen LogP contribution >= 0.6 is 23.2 Å². The SMILES string of the molecule is COc1nc(-c2cccc(-c3nccc(Nc4cccc(CN5CCC(C(=O)O)CC5)c4F)c3Cl)c2Cl)ccc1CNC[C@H]1CCC(=O)N1. The van der Waals surface area contributed by atoms with E-state index in [0.29, 0.717) is 96.7 Å². The number of piperidine rings is 1. The van der Waals surface area contributed by atoms with E-state index in [2.05, 4.69) is 25.8 Å². The number of halogens is 3. The Bertz CT molecular complexity index is 1850. The number of carboxylic acids is 1. The normalized spacial score (nSPS) is 16.8. The maximum absolute atomic E-state index is 15.7. The fourth-order valence-electron chi connectivity index (χ4n) is 6.31. The van der Waals surface area contributed by atoms with E-state index >= 15 is 4.39 Å². The first-order chi connectivity index (χ1) is 23.7. The number of carbonyl (C=O) groups excluding carboxylic acids is 1. The van der Waals surface area contributed by atoms with Gasteiger partial charge in [0.15, 0.2) is 5.82 Å². The average Bonchev–Trinajstić information content (AvgIpc) is 3.52. The number of hydrogen-bond donors (Lipinski definition) is 4. The molecule has 0 saturated carbocycles. The molecule has 6 rings (SSSR count). The van der Waals surface area contributed by atoms with Crippen LogP contribution in [0.5, 0.6) is 5.88 Å². The van der Waals surface area contributed by atoms with Crippen LogP contribution in [0, 0.1) is 11.7 Å². The van der Waals surface area contributed by atoms with Gasteiger partial charge in [0.05, 0.1) is 45.8 Å². The predicted octanol–water partition coefficient (Wildman–Crippen LogP) is 6.67. The van der Waals surface area contributed by atoms with E-state index in [1.54, 1.807) is 37.6 Å². The Labute approximate surface area is 294 Å². The molecule has 4 N–H and O–H groups in total. The summed E-state index contributed by atoms with van der Waals surface area (Å²) >= 11 is 13.9. The van der Waals surface area contributed by atoms with E-state index in [-0.39, 0.29) is 28.6 Å². The van der Waals surface area contributed by atoms with Crippen LogP contribution in [0.15, 0.2) is 60.8 Å². The molecule has 0 radical (unpaired) electrons. The van der Waals surface area contributed by atoms with Crippen molar-refractivity contribution in [2.75, 3.05) is 32.1 Å². The quantitative estimate of drug-likeness (QED) is 0.128. The lowest BCUT2D eigenvalue weighted by Gasteiger charge is -2.30. The molecule has 4 heterocycles. The second kappa shape index (κ2) is 15.5. The van der Waals surface area contributed by atoms with Crippen LogP contribution in [-0.4, -0.2) is 64.6 Å².